The van der Waals surface area contributed by atoms with E-state index in [1.165, 1.54) is 0 Å². The molecule has 0 bridgehead atoms. The molecule has 0 saturated heterocycles. The normalized spacial score (nSPS) is 9.47. The minimum atomic E-state index is -1.28. The van der Waals surface area contributed by atoms with Crippen LogP contribution in [0.1, 0.15) is 16.8 Å². The number of carboxylic acid groups (broad SMARTS) is 1. The molecule has 0 aliphatic rings. The molecule has 100 valence electrons. The Labute approximate surface area is 108 Å². The fourth-order valence-corrected chi connectivity index (χ4v) is 1.24. The van der Waals surface area contributed by atoms with Crippen molar-refractivity contribution in [2.75, 3.05) is 13.2 Å². The summed E-state index contributed by atoms with van der Waals surface area (Å²) in [6.45, 7) is -0.275. The molecule has 1 amide bonds. The van der Waals surface area contributed by atoms with Crippen molar-refractivity contribution < 1.29 is 23.8 Å². The molecule has 0 heterocycles. The molecule has 0 atom stereocenters. The van der Waals surface area contributed by atoms with Crippen molar-refractivity contribution in [2.24, 2.45) is 0 Å². The topological polar surface area (TPSA) is 99.4 Å². The van der Waals surface area contributed by atoms with Crippen LogP contribution in [0.25, 0.3) is 0 Å². The van der Waals surface area contributed by atoms with Gasteiger partial charge in [0.05, 0.1) is 12.5 Å². The van der Waals surface area contributed by atoms with E-state index in [2.05, 4.69) is 5.32 Å². The van der Waals surface area contributed by atoms with Crippen LogP contribution in [-0.4, -0.2) is 30.1 Å². The van der Waals surface area contributed by atoms with Gasteiger partial charge < -0.3 is 15.2 Å². The average Bonchev–Trinajstić information content (AvgIpc) is 2.36. The molecule has 7 heteroatoms. The van der Waals surface area contributed by atoms with Crippen LogP contribution in [0.2, 0.25) is 0 Å². The Balaban J connectivity index is 2.62. The van der Waals surface area contributed by atoms with E-state index >= 15 is 0 Å². The van der Waals surface area contributed by atoms with E-state index in [0.29, 0.717) is 0 Å². The Morgan fingerprint density at radius 1 is 1.47 bits per heavy atom. The van der Waals surface area contributed by atoms with Crippen LogP contribution in [0.15, 0.2) is 18.2 Å². The quantitative estimate of drug-likeness (QED) is 0.746. The van der Waals surface area contributed by atoms with Gasteiger partial charge in [-0.15, -0.1) is 0 Å². The number of aromatic carboxylic acids is 1. The largest absolute Gasteiger partial charge is 0.483 e. The molecular formula is C12H11FN2O4. The summed E-state index contributed by atoms with van der Waals surface area (Å²) in [5.41, 5.74) is -0.230. The van der Waals surface area contributed by atoms with Gasteiger partial charge in [0.25, 0.3) is 5.91 Å². The van der Waals surface area contributed by atoms with Crippen molar-refractivity contribution >= 4 is 11.9 Å². The number of carbonyl (C=O) groups excluding carboxylic acids is 1. The van der Waals surface area contributed by atoms with E-state index in [9.17, 15) is 14.0 Å². The molecule has 0 saturated carbocycles. The number of amides is 1. The number of carbonyl (C=O) groups is 2. The highest BCUT2D eigenvalue weighted by atomic mass is 19.1. The Morgan fingerprint density at radius 2 is 2.21 bits per heavy atom. The number of nitriles is 1. The Morgan fingerprint density at radius 3 is 2.84 bits per heavy atom. The van der Waals surface area contributed by atoms with Crippen LogP contribution in [0.3, 0.4) is 0 Å². The van der Waals surface area contributed by atoms with Crippen molar-refractivity contribution in [3.63, 3.8) is 0 Å². The Kier molecular flexibility index (Phi) is 5.29. The molecule has 0 unspecified atom stereocenters. The molecule has 0 aliphatic heterocycles. The second-order valence-corrected chi connectivity index (χ2v) is 3.49. The molecule has 0 aromatic heterocycles. The van der Waals surface area contributed by atoms with E-state index < -0.39 is 24.3 Å². The predicted octanol–water partition coefficient (Wildman–Crippen LogP) is 0.933. The minimum Gasteiger partial charge on any atom is -0.483 e. The average molecular weight is 266 g/mol. The summed E-state index contributed by atoms with van der Waals surface area (Å²) in [4.78, 5) is 22.1. The van der Waals surface area contributed by atoms with Gasteiger partial charge in [-0.1, -0.05) is 0 Å². The van der Waals surface area contributed by atoms with E-state index in [1.54, 1.807) is 0 Å². The van der Waals surface area contributed by atoms with Gasteiger partial charge in [-0.25, -0.2) is 9.18 Å². The van der Waals surface area contributed by atoms with Gasteiger partial charge in [0.2, 0.25) is 0 Å². The number of nitrogens with zero attached hydrogens (tertiary/aromatic N) is 1. The number of halogens is 1. The first-order valence-corrected chi connectivity index (χ1v) is 5.34. The lowest BCUT2D eigenvalue weighted by molar-refractivity contribution is -0.123. The maximum atomic E-state index is 13.0. The van der Waals surface area contributed by atoms with Gasteiger partial charge in [-0.05, 0) is 12.1 Å². The molecule has 0 radical (unpaired) electrons. The molecule has 1 rings (SSSR count). The van der Waals surface area contributed by atoms with Crippen molar-refractivity contribution in [2.45, 2.75) is 6.42 Å². The number of ether oxygens (including phenoxy) is 1. The van der Waals surface area contributed by atoms with Crippen LogP contribution in [0.4, 0.5) is 4.39 Å². The molecule has 0 aliphatic carbocycles. The van der Waals surface area contributed by atoms with Crippen LogP contribution in [-0.2, 0) is 4.79 Å². The summed E-state index contributed by atoms with van der Waals surface area (Å²) in [6.07, 6.45) is 0.159. The predicted molar refractivity (Wildman–Crippen MR) is 62.1 cm³/mol. The maximum Gasteiger partial charge on any atom is 0.339 e. The lowest BCUT2D eigenvalue weighted by atomic mass is 10.2. The summed E-state index contributed by atoms with van der Waals surface area (Å²) >= 11 is 0. The van der Waals surface area contributed by atoms with Gasteiger partial charge in [0, 0.05) is 12.6 Å². The van der Waals surface area contributed by atoms with Crippen molar-refractivity contribution in [3.8, 4) is 11.8 Å². The van der Waals surface area contributed by atoms with Crippen LogP contribution >= 0.6 is 0 Å². The van der Waals surface area contributed by atoms with E-state index in [4.69, 9.17) is 15.1 Å². The molecule has 0 fully saturated rings. The lowest BCUT2D eigenvalue weighted by Gasteiger charge is -2.09. The number of carboxylic acids is 1. The molecule has 1 aromatic carbocycles. The third kappa shape index (κ3) is 4.63. The highest BCUT2D eigenvalue weighted by Crippen LogP contribution is 2.19. The number of hydrogen-bond acceptors (Lipinski definition) is 4. The first kappa shape index (κ1) is 14.4. The number of rotatable bonds is 6. The fourth-order valence-electron chi connectivity index (χ4n) is 1.24. The highest BCUT2D eigenvalue weighted by molar-refractivity contribution is 5.91. The highest BCUT2D eigenvalue weighted by Gasteiger charge is 2.13. The summed E-state index contributed by atoms with van der Waals surface area (Å²) in [5.74, 6) is -2.68. The molecule has 19 heavy (non-hydrogen) atoms. The van der Waals surface area contributed by atoms with Crippen molar-refractivity contribution in [1.82, 2.24) is 5.32 Å². The lowest BCUT2D eigenvalue weighted by Crippen LogP contribution is -2.29. The second kappa shape index (κ2) is 6.96. The van der Waals surface area contributed by atoms with Crippen LogP contribution in [0, 0.1) is 17.1 Å². The first-order valence-electron chi connectivity index (χ1n) is 5.34. The SMILES string of the molecule is N#CCCNC(=O)COc1cc(F)ccc1C(=O)O. The zero-order valence-corrected chi connectivity index (χ0v) is 9.85. The smallest absolute Gasteiger partial charge is 0.339 e. The standard InChI is InChI=1S/C12H11FN2O4/c13-8-2-3-9(12(17)18)10(6-8)19-7-11(16)15-5-1-4-14/h2-3,6H,1,5,7H2,(H,15,16)(H,17,18). The fraction of sp³-hybridized carbons (Fsp3) is 0.250. The van der Waals surface area contributed by atoms with Gasteiger partial charge in [-0.2, -0.15) is 5.26 Å². The molecule has 2 N–H and O–H groups in total. The maximum absolute atomic E-state index is 13.0. The molecular weight excluding hydrogens is 255 g/mol. The Hall–Kier alpha value is -2.62. The number of benzene rings is 1. The molecule has 1 aromatic rings. The number of nitrogens with one attached hydrogen (secondary N) is 1. The van der Waals surface area contributed by atoms with Crippen LogP contribution in [0.5, 0.6) is 5.75 Å². The van der Waals surface area contributed by atoms with Gasteiger partial charge in [-0.3, -0.25) is 4.79 Å². The van der Waals surface area contributed by atoms with Gasteiger partial charge >= 0.3 is 5.97 Å². The van der Waals surface area contributed by atoms with E-state index in [1.807, 2.05) is 6.07 Å². The molecule has 6 nitrogen and oxygen atoms in total. The van der Waals surface area contributed by atoms with Crippen molar-refractivity contribution in [3.05, 3.63) is 29.6 Å². The monoisotopic (exact) mass is 266 g/mol. The van der Waals surface area contributed by atoms with Gasteiger partial charge in [0.15, 0.2) is 6.61 Å². The van der Waals surface area contributed by atoms with E-state index in [-0.39, 0.29) is 24.3 Å². The summed E-state index contributed by atoms with van der Waals surface area (Å²) in [5, 5.41) is 19.5. The minimum absolute atomic E-state index is 0.159. The third-order valence-corrected chi connectivity index (χ3v) is 2.09. The third-order valence-electron chi connectivity index (χ3n) is 2.09. The summed E-state index contributed by atoms with van der Waals surface area (Å²) in [7, 11) is 0. The first-order chi connectivity index (χ1) is 9.04. The zero-order chi connectivity index (χ0) is 14.3. The Bertz CT molecular complexity index is 525. The number of hydrogen-bond donors (Lipinski definition) is 2. The second-order valence-electron chi connectivity index (χ2n) is 3.49. The van der Waals surface area contributed by atoms with Crippen molar-refractivity contribution in [1.29, 1.82) is 5.26 Å². The van der Waals surface area contributed by atoms with E-state index in [0.717, 1.165) is 18.2 Å². The van der Waals surface area contributed by atoms with Gasteiger partial charge in [0.1, 0.15) is 17.1 Å². The zero-order valence-electron chi connectivity index (χ0n) is 9.85. The molecule has 0 spiro atoms. The summed E-state index contributed by atoms with van der Waals surface area (Å²) < 4.78 is 17.9. The summed E-state index contributed by atoms with van der Waals surface area (Å²) in [6, 6.07) is 4.79. The van der Waals surface area contributed by atoms with Crippen LogP contribution < -0.4 is 10.1 Å².